The molecule has 0 bridgehead atoms. The van der Waals surface area contributed by atoms with Crippen LogP contribution in [0.4, 0.5) is 0 Å². The summed E-state index contributed by atoms with van der Waals surface area (Å²) in [6.07, 6.45) is 17.9. The molecule has 0 saturated carbocycles. The minimum Gasteiger partial charge on any atom is -0.0874 e. The molecule has 0 fully saturated rings. The van der Waals surface area contributed by atoms with Crippen molar-refractivity contribution in [3.8, 4) is 0 Å². The first kappa shape index (κ1) is 13.0. The van der Waals surface area contributed by atoms with E-state index in [1.54, 1.807) is 0 Å². The maximum absolute atomic E-state index is 2.35. The topological polar surface area (TPSA) is 0 Å². The van der Waals surface area contributed by atoms with Gasteiger partial charge in [-0.1, -0.05) is 63.3 Å². The van der Waals surface area contributed by atoms with Crippen molar-refractivity contribution in [1.82, 2.24) is 0 Å². The van der Waals surface area contributed by atoms with Crippen LogP contribution in [-0.4, -0.2) is 0 Å². The van der Waals surface area contributed by atoms with E-state index in [4.69, 9.17) is 0 Å². The van der Waals surface area contributed by atoms with Crippen LogP contribution in [0.15, 0.2) is 48.1 Å². The molecule has 0 radical (unpaired) electrons. The van der Waals surface area contributed by atoms with Gasteiger partial charge in [0.1, 0.15) is 0 Å². The van der Waals surface area contributed by atoms with Crippen molar-refractivity contribution in [1.29, 1.82) is 0 Å². The van der Waals surface area contributed by atoms with Gasteiger partial charge in [-0.05, 0) is 36.7 Å². The van der Waals surface area contributed by atoms with E-state index in [1.165, 1.54) is 5.57 Å². The minimum atomic E-state index is 0.226. The average Bonchev–Trinajstić information content (AvgIpc) is 2.30. The lowest BCUT2D eigenvalue weighted by Crippen LogP contribution is -2.24. The highest BCUT2D eigenvalue weighted by Gasteiger charge is 2.29. The first-order valence-corrected chi connectivity index (χ1v) is 6.29. The van der Waals surface area contributed by atoms with Crippen LogP contribution in [0.5, 0.6) is 0 Å². The third kappa shape index (κ3) is 2.98. The van der Waals surface area contributed by atoms with Gasteiger partial charge in [0.05, 0.1) is 0 Å². The summed E-state index contributed by atoms with van der Waals surface area (Å²) in [5.41, 5.74) is 1.69. The largest absolute Gasteiger partial charge is 0.0874 e. The zero-order valence-electron chi connectivity index (χ0n) is 11.0. The van der Waals surface area contributed by atoms with Gasteiger partial charge in [0.15, 0.2) is 0 Å². The van der Waals surface area contributed by atoms with Crippen molar-refractivity contribution in [3.05, 3.63) is 48.1 Å². The normalized spacial score (nSPS) is 22.0. The van der Waals surface area contributed by atoms with Crippen molar-refractivity contribution >= 4 is 0 Å². The molecule has 0 aromatic rings. The van der Waals surface area contributed by atoms with Crippen molar-refractivity contribution < 1.29 is 0 Å². The van der Waals surface area contributed by atoms with Gasteiger partial charge >= 0.3 is 0 Å². The summed E-state index contributed by atoms with van der Waals surface area (Å²) in [7, 11) is 0. The zero-order chi connectivity index (χ0) is 12.0. The number of allylic oxidation sites excluding steroid dienone is 8. The molecule has 0 nitrogen and oxygen atoms in total. The van der Waals surface area contributed by atoms with E-state index in [0.29, 0.717) is 5.92 Å². The molecule has 1 aliphatic rings. The molecule has 88 valence electrons. The quantitative estimate of drug-likeness (QED) is 0.576. The summed E-state index contributed by atoms with van der Waals surface area (Å²) in [5, 5.41) is 0. The van der Waals surface area contributed by atoms with Gasteiger partial charge in [-0.15, -0.1) is 0 Å². The molecule has 16 heavy (non-hydrogen) atoms. The molecule has 0 heteroatoms. The molecule has 0 aliphatic heterocycles. The SMILES string of the molecule is C/C=C\C(=C/CC)C(C)(C)C1C=CC=CC1. The van der Waals surface area contributed by atoms with Crippen LogP contribution in [0.2, 0.25) is 0 Å². The van der Waals surface area contributed by atoms with E-state index in [0.717, 1.165) is 12.8 Å². The summed E-state index contributed by atoms with van der Waals surface area (Å²) < 4.78 is 0. The van der Waals surface area contributed by atoms with Gasteiger partial charge in [-0.25, -0.2) is 0 Å². The van der Waals surface area contributed by atoms with E-state index >= 15 is 0 Å². The van der Waals surface area contributed by atoms with Gasteiger partial charge in [0, 0.05) is 0 Å². The van der Waals surface area contributed by atoms with Crippen molar-refractivity contribution in [2.75, 3.05) is 0 Å². The highest BCUT2D eigenvalue weighted by molar-refractivity contribution is 5.29. The Morgan fingerprint density at radius 1 is 1.38 bits per heavy atom. The van der Waals surface area contributed by atoms with Crippen LogP contribution in [0.3, 0.4) is 0 Å². The second-order valence-electron chi connectivity index (χ2n) is 4.94. The molecule has 0 amide bonds. The molecule has 0 aromatic carbocycles. The third-order valence-corrected chi connectivity index (χ3v) is 3.42. The lowest BCUT2D eigenvalue weighted by molar-refractivity contribution is 0.326. The summed E-state index contributed by atoms with van der Waals surface area (Å²) in [6, 6.07) is 0. The van der Waals surface area contributed by atoms with Crippen LogP contribution < -0.4 is 0 Å². The van der Waals surface area contributed by atoms with Crippen molar-refractivity contribution in [2.24, 2.45) is 11.3 Å². The van der Waals surface area contributed by atoms with Gasteiger partial charge < -0.3 is 0 Å². The predicted octanol–water partition coefficient (Wildman–Crippen LogP) is 5.06. The Morgan fingerprint density at radius 3 is 2.62 bits per heavy atom. The smallest absolute Gasteiger partial charge is 0.00410 e. The number of hydrogen-bond acceptors (Lipinski definition) is 0. The second kappa shape index (κ2) is 5.89. The lowest BCUT2D eigenvalue weighted by Gasteiger charge is -2.34. The van der Waals surface area contributed by atoms with Gasteiger partial charge in [0.25, 0.3) is 0 Å². The maximum atomic E-state index is 2.35. The Kier molecular flexibility index (Phi) is 4.79. The van der Waals surface area contributed by atoms with Crippen LogP contribution in [-0.2, 0) is 0 Å². The Balaban J connectivity index is 2.93. The summed E-state index contributed by atoms with van der Waals surface area (Å²) in [6.45, 7) is 9.00. The molecule has 1 atom stereocenters. The molecule has 1 rings (SSSR count). The Labute approximate surface area is 100 Å². The number of rotatable bonds is 4. The van der Waals surface area contributed by atoms with Crippen molar-refractivity contribution in [3.63, 3.8) is 0 Å². The highest BCUT2D eigenvalue weighted by Crippen LogP contribution is 2.40. The van der Waals surface area contributed by atoms with Gasteiger partial charge in [0.2, 0.25) is 0 Å². The summed E-state index contributed by atoms with van der Waals surface area (Å²) in [4.78, 5) is 0. The Bertz CT molecular complexity index is 324. The second-order valence-corrected chi connectivity index (χ2v) is 4.94. The fraction of sp³-hybridized carbons (Fsp3) is 0.500. The number of hydrogen-bond donors (Lipinski definition) is 0. The molecule has 1 unspecified atom stereocenters. The standard InChI is InChI=1S/C16H24/c1-5-10-14(11-6-2)16(3,4)15-12-8-7-9-13-15/h5,7-12,15H,6,13H2,1-4H3/b10-5-,14-11+. The first-order valence-electron chi connectivity index (χ1n) is 6.29. The fourth-order valence-electron chi connectivity index (χ4n) is 2.28. The third-order valence-electron chi connectivity index (χ3n) is 3.42. The van der Waals surface area contributed by atoms with Crippen LogP contribution >= 0.6 is 0 Å². The summed E-state index contributed by atoms with van der Waals surface area (Å²) >= 11 is 0. The molecular weight excluding hydrogens is 192 g/mol. The van der Waals surface area contributed by atoms with Crippen LogP contribution in [0.1, 0.15) is 40.5 Å². The first-order chi connectivity index (χ1) is 7.62. The van der Waals surface area contributed by atoms with Crippen molar-refractivity contribution in [2.45, 2.75) is 40.5 Å². The molecule has 0 N–H and O–H groups in total. The maximum Gasteiger partial charge on any atom is -0.00410 e. The zero-order valence-corrected chi connectivity index (χ0v) is 11.0. The molecular formula is C16H24. The van der Waals surface area contributed by atoms with Crippen LogP contribution in [0, 0.1) is 11.3 Å². The van der Waals surface area contributed by atoms with E-state index in [9.17, 15) is 0 Å². The van der Waals surface area contributed by atoms with E-state index in [2.05, 4.69) is 70.2 Å². The van der Waals surface area contributed by atoms with E-state index in [-0.39, 0.29) is 5.41 Å². The molecule has 0 spiro atoms. The lowest BCUT2D eigenvalue weighted by atomic mass is 9.70. The predicted molar refractivity (Wildman–Crippen MR) is 73.4 cm³/mol. The van der Waals surface area contributed by atoms with Gasteiger partial charge in [-0.2, -0.15) is 0 Å². The van der Waals surface area contributed by atoms with Crippen LogP contribution in [0.25, 0.3) is 0 Å². The van der Waals surface area contributed by atoms with E-state index < -0.39 is 0 Å². The van der Waals surface area contributed by atoms with Gasteiger partial charge in [-0.3, -0.25) is 0 Å². The molecule has 0 saturated heterocycles. The molecule has 0 heterocycles. The monoisotopic (exact) mass is 216 g/mol. The molecule has 1 aliphatic carbocycles. The molecule has 0 aromatic heterocycles. The highest BCUT2D eigenvalue weighted by atomic mass is 14.3. The Morgan fingerprint density at radius 2 is 2.12 bits per heavy atom. The fourth-order valence-corrected chi connectivity index (χ4v) is 2.28. The Hall–Kier alpha value is -1.04. The average molecular weight is 216 g/mol. The van der Waals surface area contributed by atoms with E-state index in [1.807, 2.05) is 0 Å². The minimum absolute atomic E-state index is 0.226. The summed E-state index contributed by atoms with van der Waals surface area (Å²) in [5.74, 6) is 0.617.